The number of ether oxygens (including phenoxy) is 5. The average molecular weight is 538 g/mol. The van der Waals surface area contributed by atoms with Gasteiger partial charge in [0.1, 0.15) is 18.8 Å². The Morgan fingerprint density at radius 3 is 1.92 bits per heavy atom. The van der Waals surface area contributed by atoms with Crippen LogP contribution in [0.25, 0.3) is 0 Å². The average Bonchev–Trinajstić information content (AvgIpc) is 2.77. The highest BCUT2D eigenvalue weighted by Crippen LogP contribution is 2.33. The molecule has 38 heavy (non-hydrogen) atoms. The van der Waals surface area contributed by atoms with Gasteiger partial charge in [0.25, 0.3) is 0 Å². The summed E-state index contributed by atoms with van der Waals surface area (Å²) in [4.78, 5) is 49.1. The minimum Gasteiger partial charge on any atom is -0.458 e. The zero-order valence-corrected chi connectivity index (χ0v) is 24.0. The predicted molar refractivity (Wildman–Crippen MR) is 141 cm³/mol. The molecule has 0 spiro atoms. The Balaban J connectivity index is 2.84. The van der Waals surface area contributed by atoms with Gasteiger partial charge in [0.05, 0.1) is 17.4 Å². The third kappa shape index (κ3) is 11.9. The first kappa shape index (κ1) is 32.9. The van der Waals surface area contributed by atoms with Crippen LogP contribution in [0.3, 0.4) is 0 Å². The predicted octanol–water partition coefficient (Wildman–Crippen LogP) is 4.59. The van der Waals surface area contributed by atoms with E-state index in [1.54, 1.807) is 54.5 Å². The van der Waals surface area contributed by atoms with Gasteiger partial charge in [-0.25, -0.2) is 4.79 Å². The molecule has 0 saturated heterocycles. The van der Waals surface area contributed by atoms with Crippen molar-refractivity contribution in [3.8, 4) is 11.5 Å². The van der Waals surface area contributed by atoms with Crippen LogP contribution in [0.2, 0.25) is 0 Å². The zero-order chi connectivity index (χ0) is 29.3. The summed E-state index contributed by atoms with van der Waals surface area (Å²) in [5.41, 5.74) is 5.02. The molecular formula is C28H43NO9. The molecule has 0 bridgehead atoms. The summed E-state index contributed by atoms with van der Waals surface area (Å²) in [6, 6.07) is 3.56. The van der Waals surface area contributed by atoms with E-state index >= 15 is 0 Å². The van der Waals surface area contributed by atoms with Gasteiger partial charge in [0.2, 0.25) is 0 Å². The van der Waals surface area contributed by atoms with Crippen molar-refractivity contribution in [2.45, 2.75) is 87.3 Å². The van der Waals surface area contributed by atoms with Crippen LogP contribution in [0.4, 0.5) is 4.79 Å². The summed E-state index contributed by atoms with van der Waals surface area (Å²) in [6.07, 6.45) is -0.806. The van der Waals surface area contributed by atoms with Crippen molar-refractivity contribution >= 4 is 24.1 Å². The van der Waals surface area contributed by atoms with Crippen molar-refractivity contribution in [1.29, 1.82) is 0 Å². The second-order valence-electron chi connectivity index (χ2n) is 11.7. The zero-order valence-electron chi connectivity index (χ0n) is 24.0. The van der Waals surface area contributed by atoms with Gasteiger partial charge in [0.15, 0.2) is 11.5 Å². The fourth-order valence-corrected chi connectivity index (χ4v) is 2.61. The van der Waals surface area contributed by atoms with E-state index in [4.69, 9.17) is 29.4 Å². The minimum atomic E-state index is -1.05. The molecule has 2 atom stereocenters. The molecule has 1 aromatic carbocycles. The molecule has 0 aromatic heterocycles. The molecule has 10 heteroatoms. The summed E-state index contributed by atoms with van der Waals surface area (Å²) in [6.45, 7) is 15.9. The van der Waals surface area contributed by atoms with Crippen molar-refractivity contribution in [3.05, 3.63) is 23.8 Å². The van der Waals surface area contributed by atoms with E-state index in [0.717, 1.165) is 0 Å². The lowest BCUT2D eigenvalue weighted by atomic mass is 9.97. The summed E-state index contributed by atoms with van der Waals surface area (Å²) in [7, 11) is 0. The highest BCUT2D eigenvalue weighted by atomic mass is 16.7. The standard InChI is InChI=1S/C28H43NO9/c1-17(2)12-13-34-26(33)35-16-18(3)36-23(30)20(29)14-19-10-11-21(37-24(31)27(4,5)6)22(15-19)38-25(32)28(7,8)9/h10-11,15,17-18,20H,12-14,16,29H2,1-9H3/t18-,20-/m0/s1. The van der Waals surface area contributed by atoms with Crippen LogP contribution in [-0.2, 0) is 35.0 Å². The van der Waals surface area contributed by atoms with Gasteiger partial charge < -0.3 is 29.4 Å². The number of nitrogens with two attached hydrogens (primary N) is 1. The van der Waals surface area contributed by atoms with Crippen molar-refractivity contribution < 1.29 is 42.9 Å². The number of hydrogen-bond donors (Lipinski definition) is 1. The van der Waals surface area contributed by atoms with Crippen LogP contribution in [-0.4, -0.2) is 49.4 Å². The topological polar surface area (TPSA) is 140 Å². The Bertz CT molecular complexity index is 974. The largest absolute Gasteiger partial charge is 0.508 e. The van der Waals surface area contributed by atoms with Crippen LogP contribution in [0, 0.1) is 16.7 Å². The number of hydrogen-bond acceptors (Lipinski definition) is 10. The molecule has 0 aliphatic heterocycles. The third-order valence-electron chi connectivity index (χ3n) is 5.06. The van der Waals surface area contributed by atoms with E-state index in [-0.39, 0.29) is 31.1 Å². The smallest absolute Gasteiger partial charge is 0.458 e. The first-order valence-corrected chi connectivity index (χ1v) is 12.7. The quantitative estimate of drug-likeness (QED) is 0.315. The molecule has 0 unspecified atom stereocenters. The van der Waals surface area contributed by atoms with E-state index < -0.39 is 47.0 Å². The number of esters is 3. The van der Waals surface area contributed by atoms with E-state index in [2.05, 4.69) is 0 Å². The SMILES string of the molecule is CC(C)CCOC(=O)OC[C@H](C)OC(=O)[C@@H](N)Cc1ccc(OC(=O)C(C)(C)C)c(OC(=O)C(C)(C)C)c1. The second kappa shape index (κ2) is 14.1. The van der Waals surface area contributed by atoms with Gasteiger partial charge in [0, 0.05) is 0 Å². The number of benzene rings is 1. The monoisotopic (exact) mass is 537 g/mol. The van der Waals surface area contributed by atoms with E-state index in [1.165, 1.54) is 12.1 Å². The van der Waals surface area contributed by atoms with E-state index in [0.29, 0.717) is 17.9 Å². The van der Waals surface area contributed by atoms with Crippen molar-refractivity contribution in [2.24, 2.45) is 22.5 Å². The highest BCUT2D eigenvalue weighted by molar-refractivity contribution is 5.81. The molecule has 0 heterocycles. The lowest BCUT2D eigenvalue weighted by Gasteiger charge is -2.21. The van der Waals surface area contributed by atoms with Crippen LogP contribution in [0.5, 0.6) is 11.5 Å². The maximum absolute atomic E-state index is 12.5. The molecule has 0 saturated carbocycles. The summed E-state index contributed by atoms with van der Waals surface area (Å²) in [5, 5.41) is 0. The molecule has 0 aliphatic carbocycles. The lowest BCUT2D eigenvalue weighted by Crippen LogP contribution is -2.37. The molecular weight excluding hydrogens is 494 g/mol. The second-order valence-corrected chi connectivity index (χ2v) is 11.7. The van der Waals surface area contributed by atoms with Gasteiger partial charge in [-0.3, -0.25) is 14.4 Å². The van der Waals surface area contributed by atoms with E-state index in [1.807, 2.05) is 13.8 Å². The summed E-state index contributed by atoms with van der Waals surface area (Å²) < 4.78 is 26.2. The fourth-order valence-electron chi connectivity index (χ4n) is 2.61. The van der Waals surface area contributed by atoms with Gasteiger partial charge >= 0.3 is 24.1 Å². The van der Waals surface area contributed by atoms with Crippen molar-refractivity contribution in [2.75, 3.05) is 13.2 Å². The highest BCUT2D eigenvalue weighted by Gasteiger charge is 2.29. The molecule has 1 aromatic rings. The molecule has 2 N–H and O–H groups in total. The molecule has 0 amide bonds. The van der Waals surface area contributed by atoms with Gasteiger partial charge in [-0.2, -0.15) is 0 Å². The number of carbonyl (C=O) groups excluding carboxylic acids is 4. The molecule has 10 nitrogen and oxygen atoms in total. The molecule has 0 fully saturated rings. The van der Waals surface area contributed by atoms with Crippen molar-refractivity contribution in [1.82, 2.24) is 0 Å². The van der Waals surface area contributed by atoms with Crippen molar-refractivity contribution in [3.63, 3.8) is 0 Å². The Labute approximate surface area is 225 Å². The maximum Gasteiger partial charge on any atom is 0.508 e. The molecule has 1 rings (SSSR count). The first-order valence-electron chi connectivity index (χ1n) is 12.7. The van der Waals surface area contributed by atoms with Gasteiger partial charge in [-0.1, -0.05) is 19.9 Å². The molecule has 214 valence electrons. The summed E-state index contributed by atoms with van der Waals surface area (Å²) in [5.74, 6) is -1.22. The lowest BCUT2D eigenvalue weighted by molar-refractivity contribution is -0.152. The van der Waals surface area contributed by atoms with Crippen LogP contribution in [0.15, 0.2) is 18.2 Å². The van der Waals surface area contributed by atoms with Gasteiger partial charge in [-0.15, -0.1) is 0 Å². The van der Waals surface area contributed by atoms with Gasteiger partial charge in [-0.05, 0) is 84.9 Å². The van der Waals surface area contributed by atoms with Crippen LogP contribution >= 0.6 is 0 Å². The normalized spacial score (nSPS) is 13.3. The molecule has 0 aliphatic rings. The minimum absolute atomic E-state index is 0.0401. The van der Waals surface area contributed by atoms with E-state index in [9.17, 15) is 19.2 Å². The number of rotatable bonds is 11. The summed E-state index contributed by atoms with van der Waals surface area (Å²) >= 11 is 0. The van der Waals surface area contributed by atoms with Crippen LogP contribution in [0.1, 0.15) is 74.3 Å². The molecule has 0 radical (unpaired) electrons. The maximum atomic E-state index is 12.5. The third-order valence-corrected chi connectivity index (χ3v) is 5.06. The Kier molecular flexibility index (Phi) is 12.2. The fraction of sp³-hybridized carbons (Fsp3) is 0.643. The Morgan fingerprint density at radius 2 is 1.39 bits per heavy atom. The number of carbonyl (C=O) groups is 4. The first-order chi connectivity index (χ1) is 17.4. The Hall–Kier alpha value is -3.14. The Morgan fingerprint density at radius 1 is 0.842 bits per heavy atom. The van der Waals surface area contributed by atoms with Crippen LogP contribution < -0.4 is 15.2 Å².